The molecule has 22 heavy (non-hydrogen) atoms. The molecule has 4 nitrogen and oxygen atoms in total. The first-order chi connectivity index (χ1) is 10.5. The first-order valence-electron chi connectivity index (χ1n) is 7.45. The van der Waals surface area contributed by atoms with Crippen molar-refractivity contribution in [1.82, 2.24) is 9.88 Å². The van der Waals surface area contributed by atoms with E-state index < -0.39 is 6.10 Å². The Morgan fingerprint density at radius 1 is 1.27 bits per heavy atom. The molecule has 0 fully saturated rings. The molecule has 1 aromatic heterocycles. The molecule has 1 amide bonds. The summed E-state index contributed by atoms with van der Waals surface area (Å²) >= 11 is 1.42. The van der Waals surface area contributed by atoms with E-state index in [1.807, 2.05) is 32.0 Å². The minimum absolute atomic E-state index is 0.0433. The van der Waals surface area contributed by atoms with E-state index in [-0.39, 0.29) is 11.9 Å². The normalized spacial score (nSPS) is 12.4. The van der Waals surface area contributed by atoms with E-state index in [4.69, 9.17) is 0 Å². The number of carbonyl (C=O) groups is 1. The van der Waals surface area contributed by atoms with Crippen LogP contribution in [0.15, 0.2) is 36.5 Å². The number of thiazole rings is 1. The van der Waals surface area contributed by atoms with Crippen LogP contribution in [0.1, 0.15) is 41.0 Å². The van der Waals surface area contributed by atoms with Crippen LogP contribution in [-0.2, 0) is 6.42 Å². The van der Waals surface area contributed by atoms with Gasteiger partial charge in [0.15, 0.2) is 0 Å². The molecule has 0 saturated heterocycles. The number of aromatic nitrogens is 1. The van der Waals surface area contributed by atoms with E-state index in [1.54, 1.807) is 18.0 Å². The molecule has 118 valence electrons. The SMILES string of the molecule is CC(O)CN(C(=O)c1cnc(Cc2ccccc2)s1)C(C)C. The van der Waals surface area contributed by atoms with Gasteiger partial charge in [-0.3, -0.25) is 4.79 Å². The molecular weight excluding hydrogens is 296 g/mol. The van der Waals surface area contributed by atoms with Gasteiger partial charge in [0.25, 0.3) is 5.91 Å². The van der Waals surface area contributed by atoms with Crippen molar-refractivity contribution in [2.45, 2.75) is 39.3 Å². The molecule has 0 saturated carbocycles. The topological polar surface area (TPSA) is 53.4 Å². The minimum Gasteiger partial charge on any atom is -0.392 e. The number of nitrogens with zero attached hydrogens (tertiary/aromatic N) is 2. The molecule has 0 aliphatic rings. The van der Waals surface area contributed by atoms with Crippen LogP contribution in [0.5, 0.6) is 0 Å². The van der Waals surface area contributed by atoms with E-state index in [9.17, 15) is 9.90 Å². The van der Waals surface area contributed by atoms with Crippen LogP contribution in [0.25, 0.3) is 0 Å². The van der Waals surface area contributed by atoms with Gasteiger partial charge in [0.1, 0.15) is 4.88 Å². The Kier molecular flexibility index (Phi) is 5.69. The predicted molar refractivity (Wildman–Crippen MR) is 89.2 cm³/mol. The lowest BCUT2D eigenvalue weighted by Crippen LogP contribution is -2.41. The van der Waals surface area contributed by atoms with E-state index in [2.05, 4.69) is 17.1 Å². The van der Waals surface area contributed by atoms with Crippen LogP contribution >= 0.6 is 11.3 Å². The molecule has 1 atom stereocenters. The van der Waals surface area contributed by atoms with Crippen LogP contribution in [-0.4, -0.2) is 39.6 Å². The third-order valence-electron chi connectivity index (χ3n) is 3.31. The number of aliphatic hydroxyl groups excluding tert-OH is 1. The van der Waals surface area contributed by atoms with Gasteiger partial charge >= 0.3 is 0 Å². The Bertz CT molecular complexity index is 608. The van der Waals surface area contributed by atoms with Crippen molar-refractivity contribution in [3.8, 4) is 0 Å². The third-order valence-corrected chi connectivity index (χ3v) is 4.29. The number of hydrogen-bond donors (Lipinski definition) is 1. The summed E-state index contributed by atoms with van der Waals surface area (Å²) in [7, 11) is 0. The third kappa shape index (κ3) is 4.39. The molecule has 0 radical (unpaired) electrons. The lowest BCUT2D eigenvalue weighted by molar-refractivity contribution is 0.0583. The maximum atomic E-state index is 12.6. The maximum absolute atomic E-state index is 12.6. The Morgan fingerprint density at radius 2 is 1.95 bits per heavy atom. The van der Waals surface area contributed by atoms with Gasteiger partial charge in [-0.1, -0.05) is 30.3 Å². The second-order valence-corrected chi connectivity index (χ2v) is 6.80. The summed E-state index contributed by atoms with van der Waals surface area (Å²) in [4.78, 5) is 19.2. The molecule has 0 aliphatic heterocycles. The standard InChI is InChI=1S/C17H22N2O2S/c1-12(2)19(11-13(3)20)17(21)15-10-18-16(22-15)9-14-7-5-4-6-8-14/h4-8,10,12-13,20H,9,11H2,1-3H3. The second-order valence-electron chi connectivity index (χ2n) is 5.68. The Balaban J connectivity index is 2.10. The summed E-state index contributed by atoms with van der Waals surface area (Å²) < 4.78 is 0. The summed E-state index contributed by atoms with van der Waals surface area (Å²) in [5.41, 5.74) is 1.18. The molecule has 1 heterocycles. The van der Waals surface area contributed by atoms with Gasteiger partial charge in [-0.05, 0) is 26.3 Å². The molecule has 0 aliphatic carbocycles. The monoisotopic (exact) mass is 318 g/mol. The molecule has 5 heteroatoms. The zero-order valence-corrected chi connectivity index (χ0v) is 14.0. The molecule has 2 aromatic rings. The summed E-state index contributed by atoms with van der Waals surface area (Å²) in [6.45, 7) is 5.93. The molecule has 1 aromatic carbocycles. The highest BCUT2D eigenvalue weighted by Gasteiger charge is 2.22. The molecule has 1 unspecified atom stereocenters. The van der Waals surface area contributed by atoms with E-state index in [0.717, 1.165) is 11.4 Å². The lowest BCUT2D eigenvalue weighted by Gasteiger charge is -2.27. The highest BCUT2D eigenvalue weighted by atomic mass is 32.1. The smallest absolute Gasteiger partial charge is 0.265 e. The van der Waals surface area contributed by atoms with Gasteiger partial charge in [-0.2, -0.15) is 0 Å². The van der Waals surface area contributed by atoms with Gasteiger partial charge in [0, 0.05) is 19.0 Å². The highest BCUT2D eigenvalue weighted by Crippen LogP contribution is 2.19. The quantitative estimate of drug-likeness (QED) is 0.891. The van der Waals surface area contributed by atoms with E-state index in [0.29, 0.717) is 11.4 Å². The van der Waals surface area contributed by atoms with E-state index >= 15 is 0 Å². The average Bonchev–Trinajstić information content (AvgIpc) is 2.93. The summed E-state index contributed by atoms with van der Waals surface area (Å²) in [5.74, 6) is -0.0623. The maximum Gasteiger partial charge on any atom is 0.265 e. The number of carbonyl (C=O) groups excluding carboxylic acids is 1. The number of aliphatic hydroxyl groups is 1. The Hall–Kier alpha value is -1.72. The summed E-state index contributed by atoms with van der Waals surface area (Å²) in [6, 6.07) is 10.1. The minimum atomic E-state index is -0.539. The Morgan fingerprint density at radius 3 is 2.55 bits per heavy atom. The van der Waals surface area contributed by atoms with Crippen LogP contribution in [0, 0.1) is 0 Å². The number of hydrogen-bond acceptors (Lipinski definition) is 4. The van der Waals surface area contributed by atoms with Crippen LogP contribution in [0.4, 0.5) is 0 Å². The fourth-order valence-electron chi connectivity index (χ4n) is 2.22. The molecule has 2 rings (SSSR count). The predicted octanol–water partition coefficient (Wildman–Crippen LogP) is 2.97. The number of benzene rings is 1. The molecule has 0 spiro atoms. The highest BCUT2D eigenvalue weighted by molar-refractivity contribution is 7.13. The number of amides is 1. The zero-order valence-electron chi connectivity index (χ0n) is 13.2. The summed E-state index contributed by atoms with van der Waals surface area (Å²) in [5, 5.41) is 10.5. The van der Waals surface area contributed by atoms with Gasteiger partial charge in [-0.25, -0.2) is 4.98 Å². The van der Waals surface area contributed by atoms with Crippen molar-refractivity contribution in [3.05, 3.63) is 52.0 Å². The average molecular weight is 318 g/mol. The lowest BCUT2D eigenvalue weighted by atomic mass is 10.2. The van der Waals surface area contributed by atoms with Crippen molar-refractivity contribution < 1.29 is 9.90 Å². The first-order valence-corrected chi connectivity index (χ1v) is 8.26. The van der Waals surface area contributed by atoms with Gasteiger partial charge in [-0.15, -0.1) is 11.3 Å². The largest absolute Gasteiger partial charge is 0.392 e. The fourth-order valence-corrected chi connectivity index (χ4v) is 3.12. The molecule has 0 bridgehead atoms. The van der Waals surface area contributed by atoms with Gasteiger partial charge < -0.3 is 10.0 Å². The van der Waals surface area contributed by atoms with Crippen LogP contribution in [0.3, 0.4) is 0 Å². The first kappa shape index (κ1) is 16.6. The van der Waals surface area contributed by atoms with Crippen molar-refractivity contribution >= 4 is 17.2 Å². The van der Waals surface area contributed by atoms with Crippen molar-refractivity contribution in [3.63, 3.8) is 0 Å². The van der Waals surface area contributed by atoms with Crippen molar-refractivity contribution in [2.75, 3.05) is 6.54 Å². The zero-order chi connectivity index (χ0) is 16.1. The summed E-state index contributed by atoms with van der Waals surface area (Å²) in [6.07, 6.45) is 1.84. The molecule has 1 N–H and O–H groups in total. The van der Waals surface area contributed by atoms with Crippen LogP contribution < -0.4 is 0 Å². The van der Waals surface area contributed by atoms with Crippen LogP contribution in [0.2, 0.25) is 0 Å². The van der Waals surface area contributed by atoms with Crippen molar-refractivity contribution in [1.29, 1.82) is 0 Å². The Labute approximate surface area is 135 Å². The van der Waals surface area contributed by atoms with E-state index in [1.165, 1.54) is 16.9 Å². The molecular formula is C17H22N2O2S. The van der Waals surface area contributed by atoms with Crippen molar-refractivity contribution in [2.24, 2.45) is 0 Å². The van der Waals surface area contributed by atoms with Gasteiger partial charge in [0.05, 0.1) is 17.3 Å². The van der Waals surface area contributed by atoms with Gasteiger partial charge in [0.2, 0.25) is 0 Å². The second kappa shape index (κ2) is 7.51. The number of rotatable bonds is 6. The fraction of sp³-hybridized carbons (Fsp3) is 0.412.